The molecule has 2 N–H and O–H groups in total. The summed E-state index contributed by atoms with van der Waals surface area (Å²) in [5.74, 6) is -0.687. The lowest BCUT2D eigenvalue weighted by Gasteiger charge is -2.29. The Balaban J connectivity index is 0.000000183. The van der Waals surface area contributed by atoms with Gasteiger partial charge in [0.1, 0.15) is 22.8 Å². The van der Waals surface area contributed by atoms with Crippen LogP contribution in [0.25, 0.3) is 0 Å². The van der Waals surface area contributed by atoms with E-state index in [1.54, 1.807) is 58.3 Å². The number of hydrogen-bond acceptors (Lipinski definition) is 7. The molecule has 0 aromatic heterocycles. The van der Waals surface area contributed by atoms with E-state index in [-0.39, 0.29) is 59.3 Å². The first-order chi connectivity index (χ1) is 26.4. The Bertz CT molecular complexity index is 2010. The number of fused-ring (bicyclic) bond motifs is 3. The molecule has 298 valence electrons. The van der Waals surface area contributed by atoms with Gasteiger partial charge in [-0.15, -0.1) is 0 Å². The number of piperidine rings is 2. The maximum atomic E-state index is 15.1. The molecule has 4 fully saturated rings. The van der Waals surface area contributed by atoms with Gasteiger partial charge in [-0.25, -0.2) is 18.4 Å². The Morgan fingerprint density at radius 1 is 0.661 bits per heavy atom. The monoisotopic (exact) mass is 770 g/mol. The molecule has 3 aliphatic heterocycles. The first-order valence-electron chi connectivity index (χ1n) is 19.5. The second-order valence-electron chi connectivity index (χ2n) is 17.8. The smallest absolute Gasteiger partial charge is 0.410 e. The van der Waals surface area contributed by atoms with E-state index >= 15 is 4.39 Å². The van der Waals surface area contributed by atoms with Crippen molar-refractivity contribution in [3.8, 4) is 0 Å². The van der Waals surface area contributed by atoms with E-state index in [9.17, 15) is 23.6 Å². The fourth-order valence-electron chi connectivity index (χ4n) is 9.79. The predicted octanol–water partition coefficient (Wildman–Crippen LogP) is 7.16. The second-order valence-corrected chi connectivity index (χ2v) is 17.8. The number of likely N-dealkylation sites (tertiary alicyclic amines) is 2. The number of nitrogens with two attached hydrogens (primary N) is 1. The minimum atomic E-state index is -0.727. The van der Waals surface area contributed by atoms with Gasteiger partial charge in [-0.05, 0) is 113 Å². The van der Waals surface area contributed by atoms with Gasteiger partial charge in [0.15, 0.2) is 0 Å². The summed E-state index contributed by atoms with van der Waals surface area (Å²) in [4.78, 5) is 55.8. The number of halogens is 2. The third-order valence-electron chi connectivity index (χ3n) is 12.3. The highest BCUT2D eigenvalue weighted by atomic mass is 19.1. The van der Waals surface area contributed by atoms with Gasteiger partial charge in [-0.2, -0.15) is 0 Å². The lowest BCUT2D eigenvalue weighted by molar-refractivity contribution is 0.0196. The maximum Gasteiger partial charge on any atom is 0.410 e. The summed E-state index contributed by atoms with van der Waals surface area (Å²) in [6.07, 6.45) is 0.815. The first-order valence-corrected chi connectivity index (χ1v) is 19.5. The molecule has 3 aromatic rings. The highest BCUT2D eigenvalue weighted by molar-refractivity contribution is 6.21. The summed E-state index contributed by atoms with van der Waals surface area (Å²) < 4.78 is 40.4. The molecule has 6 atom stereocenters. The Labute approximate surface area is 327 Å². The van der Waals surface area contributed by atoms with E-state index in [1.807, 2.05) is 53.7 Å². The number of benzene rings is 3. The molecule has 56 heavy (non-hydrogen) atoms. The van der Waals surface area contributed by atoms with Gasteiger partial charge < -0.3 is 25.0 Å². The average Bonchev–Trinajstić information content (AvgIpc) is 3.99. The SMILES string of the molecule is CC(C)(C)OC(=O)N1CCC2C(C1)C2(CN)c1ccccc1F.CC(C)(C)OC(=O)N1CC[C@@H]2[C@H](C1)[C@@]2(CN1C(=O)c2ccccc2C1=O)c1ccccc1F. The van der Waals surface area contributed by atoms with Crippen LogP contribution in [0, 0.1) is 35.3 Å². The van der Waals surface area contributed by atoms with E-state index in [1.165, 1.54) is 17.0 Å². The number of rotatable bonds is 5. The van der Waals surface area contributed by atoms with Gasteiger partial charge in [0, 0.05) is 50.1 Å². The Morgan fingerprint density at radius 2 is 1.05 bits per heavy atom. The topological polar surface area (TPSA) is 122 Å². The third kappa shape index (κ3) is 6.94. The molecule has 2 aliphatic carbocycles. The molecule has 3 heterocycles. The van der Waals surface area contributed by atoms with Crippen molar-refractivity contribution in [3.63, 3.8) is 0 Å². The zero-order valence-corrected chi connectivity index (χ0v) is 33.0. The van der Waals surface area contributed by atoms with E-state index in [0.717, 1.165) is 6.42 Å². The molecular formula is C44H52F2N4O6. The first kappa shape index (κ1) is 39.4. The predicted molar refractivity (Wildman–Crippen MR) is 206 cm³/mol. The number of ether oxygens (including phenoxy) is 2. The quantitative estimate of drug-likeness (QED) is 0.274. The van der Waals surface area contributed by atoms with E-state index < -0.39 is 22.7 Å². The summed E-state index contributed by atoms with van der Waals surface area (Å²) in [7, 11) is 0. The van der Waals surface area contributed by atoms with Gasteiger partial charge in [0.2, 0.25) is 0 Å². The van der Waals surface area contributed by atoms with Crippen LogP contribution in [0.1, 0.15) is 86.2 Å². The van der Waals surface area contributed by atoms with Crippen molar-refractivity contribution >= 4 is 24.0 Å². The minimum absolute atomic E-state index is 0.0670. The van der Waals surface area contributed by atoms with Crippen molar-refractivity contribution in [2.45, 2.75) is 76.4 Å². The summed E-state index contributed by atoms with van der Waals surface area (Å²) in [5.41, 5.74) is 5.84. The standard InChI is InChI=1S/C26H27FN2O4.C18H25FN2O2/c1-25(2,3)33-24(32)28-13-12-18-20(14-28)26(18,19-10-6-7-11-21(19)27)15-29-22(30)16-8-4-5-9-17(16)23(29)31;1-17(2,3)23-16(22)21-9-8-12-14(10-21)18(12,11-20)13-6-4-5-7-15(13)19/h4-11,18,20H,12-15H2,1-3H3;4-7,12,14H,8-11,20H2,1-3H3/t18-,20+,26-;/m1./s1. The number of nitrogens with zero attached hydrogens (tertiary/aromatic N) is 3. The normalized spacial score (nSPS) is 27.7. The van der Waals surface area contributed by atoms with Crippen molar-refractivity contribution < 1.29 is 37.4 Å². The van der Waals surface area contributed by atoms with Crippen LogP contribution in [0.5, 0.6) is 0 Å². The fourth-order valence-corrected chi connectivity index (χ4v) is 9.79. The zero-order chi connectivity index (χ0) is 40.4. The number of amides is 4. The molecule has 0 spiro atoms. The highest BCUT2D eigenvalue weighted by Crippen LogP contribution is 2.65. The summed E-state index contributed by atoms with van der Waals surface area (Å²) in [6, 6.07) is 20.2. The van der Waals surface area contributed by atoms with Crippen LogP contribution in [-0.4, -0.2) is 89.2 Å². The highest BCUT2D eigenvalue weighted by Gasteiger charge is 2.69. The third-order valence-corrected chi connectivity index (χ3v) is 12.3. The van der Waals surface area contributed by atoms with Gasteiger partial charge in [-0.3, -0.25) is 14.5 Å². The van der Waals surface area contributed by atoms with Crippen LogP contribution in [0.3, 0.4) is 0 Å². The van der Waals surface area contributed by atoms with Crippen LogP contribution < -0.4 is 5.73 Å². The van der Waals surface area contributed by atoms with E-state index in [2.05, 4.69) is 0 Å². The molecule has 3 aromatic carbocycles. The summed E-state index contributed by atoms with van der Waals surface area (Å²) >= 11 is 0. The van der Waals surface area contributed by atoms with Gasteiger partial charge in [0.05, 0.1) is 11.1 Å². The minimum Gasteiger partial charge on any atom is -0.444 e. The van der Waals surface area contributed by atoms with Crippen molar-refractivity contribution in [3.05, 3.63) is 107 Å². The molecule has 3 unspecified atom stereocenters. The lowest BCUT2D eigenvalue weighted by atomic mass is 9.89. The summed E-state index contributed by atoms with van der Waals surface area (Å²) in [6.45, 7) is 13.7. The van der Waals surface area contributed by atoms with Gasteiger partial charge in [0.25, 0.3) is 11.8 Å². The number of imide groups is 1. The number of hydrogen-bond donors (Lipinski definition) is 1. The fraction of sp³-hybridized carbons (Fsp3) is 0.500. The van der Waals surface area contributed by atoms with E-state index in [4.69, 9.17) is 15.2 Å². The van der Waals surface area contributed by atoms with Crippen molar-refractivity contribution in [1.29, 1.82) is 0 Å². The molecule has 0 radical (unpaired) electrons. The summed E-state index contributed by atoms with van der Waals surface area (Å²) in [5, 5.41) is 0. The lowest BCUT2D eigenvalue weighted by Crippen LogP contribution is -2.41. The Kier molecular flexibility index (Phi) is 10.0. The maximum absolute atomic E-state index is 15.1. The van der Waals surface area contributed by atoms with E-state index in [0.29, 0.717) is 67.3 Å². The molecule has 12 heteroatoms. The molecule has 5 aliphatic rings. The van der Waals surface area contributed by atoms with Crippen LogP contribution in [0.4, 0.5) is 18.4 Å². The number of carbonyl (C=O) groups excluding carboxylic acids is 4. The van der Waals surface area contributed by atoms with Crippen LogP contribution >= 0.6 is 0 Å². The molecule has 8 rings (SSSR count). The molecular weight excluding hydrogens is 719 g/mol. The van der Waals surface area contributed by atoms with Crippen LogP contribution in [0.2, 0.25) is 0 Å². The second kappa shape index (κ2) is 14.3. The zero-order valence-electron chi connectivity index (χ0n) is 33.0. The van der Waals surface area contributed by atoms with Crippen molar-refractivity contribution in [2.75, 3.05) is 39.3 Å². The van der Waals surface area contributed by atoms with Gasteiger partial charge >= 0.3 is 12.2 Å². The average molecular weight is 771 g/mol. The Hall–Kier alpha value is -4.84. The van der Waals surface area contributed by atoms with Crippen LogP contribution in [0.15, 0.2) is 72.8 Å². The van der Waals surface area contributed by atoms with Crippen LogP contribution in [-0.2, 0) is 20.3 Å². The molecule has 4 amide bonds. The molecule has 0 bridgehead atoms. The molecule has 2 saturated carbocycles. The molecule has 2 saturated heterocycles. The van der Waals surface area contributed by atoms with Crippen molar-refractivity contribution in [2.24, 2.45) is 29.4 Å². The van der Waals surface area contributed by atoms with Gasteiger partial charge in [-0.1, -0.05) is 48.5 Å². The van der Waals surface area contributed by atoms with Crippen molar-refractivity contribution in [1.82, 2.24) is 14.7 Å². The number of carbonyl (C=O) groups is 4. The Morgan fingerprint density at radius 3 is 1.48 bits per heavy atom. The largest absolute Gasteiger partial charge is 0.444 e. The molecule has 10 nitrogen and oxygen atoms in total.